The van der Waals surface area contributed by atoms with Gasteiger partial charge in [-0.2, -0.15) is 5.26 Å². The normalized spacial score (nSPS) is 10.8. The average Bonchev–Trinajstić information content (AvgIpc) is 2.56. The molecule has 0 aliphatic rings. The number of amides is 1. The molecule has 2 aromatic carbocycles. The largest absolute Gasteiger partial charge is 0.386 e. The van der Waals surface area contributed by atoms with E-state index in [0.717, 1.165) is 11.1 Å². The molecule has 122 valence electrons. The lowest BCUT2D eigenvalue weighted by Crippen LogP contribution is -2.16. The van der Waals surface area contributed by atoms with Gasteiger partial charge in [-0.3, -0.25) is 4.79 Å². The fourth-order valence-corrected chi connectivity index (χ4v) is 2.18. The maximum Gasteiger partial charge on any atom is 0.267 e. The summed E-state index contributed by atoms with van der Waals surface area (Å²) in [6, 6.07) is 15.1. The third-order valence-electron chi connectivity index (χ3n) is 3.47. The minimum atomic E-state index is -0.478. The van der Waals surface area contributed by atoms with E-state index < -0.39 is 5.91 Å². The molecule has 0 aliphatic carbocycles. The Morgan fingerprint density at radius 2 is 1.92 bits per heavy atom. The summed E-state index contributed by atoms with van der Waals surface area (Å²) < 4.78 is 0. The van der Waals surface area contributed by atoms with Crippen molar-refractivity contribution in [3.63, 3.8) is 0 Å². The lowest BCUT2D eigenvalue weighted by molar-refractivity contribution is -0.112. The van der Waals surface area contributed by atoms with Crippen molar-refractivity contribution >= 4 is 23.2 Å². The molecule has 24 heavy (non-hydrogen) atoms. The minimum absolute atomic E-state index is 0.00110. The molecule has 0 spiro atoms. The Hall–Kier alpha value is -2.77. The Kier molecular flexibility index (Phi) is 6.00. The smallest absolute Gasteiger partial charge is 0.267 e. The molecule has 1 amide bonds. The van der Waals surface area contributed by atoms with Crippen molar-refractivity contribution in [1.82, 2.24) is 5.32 Å². The van der Waals surface area contributed by atoms with Gasteiger partial charge in [0.25, 0.3) is 5.91 Å². The molecule has 4 nitrogen and oxygen atoms in total. The summed E-state index contributed by atoms with van der Waals surface area (Å²) in [4.78, 5) is 12.1. The SMILES string of the molecule is Cc1ccc(CN/C=C(/C#N)C(=O)Nc2ccc(C)c(Cl)c2)cc1. The number of anilines is 1. The van der Waals surface area contributed by atoms with Gasteiger partial charge in [-0.05, 0) is 37.1 Å². The number of nitrogens with one attached hydrogen (secondary N) is 2. The summed E-state index contributed by atoms with van der Waals surface area (Å²) in [5, 5.41) is 15.4. The second-order valence-electron chi connectivity index (χ2n) is 5.45. The van der Waals surface area contributed by atoms with E-state index in [4.69, 9.17) is 16.9 Å². The number of hydrogen-bond donors (Lipinski definition) is 2. The summed E-state index contributed by atoms with van der Waals surface area (Å²) in [7, 11) is 0. The second-order valence-corrected chi connectivity index (χ2v) is 5.86. The summed E-state index contributed by atoms with van der Waals surface area (Å²) in [5.41, 5.74) is 3.72. The number of halogens is 1. The first-order valence-corrected chi connectivity index (χ1v) is 7.84. The van der Waals surface area contributed by atoms with Crippen LogP contribution in [-0.2, 0) is 11.3 Å². The highest BCUT2D eigenvalue weighted by Gasteiger charge is 2.09. The molecule has 0 saturated heterocycles. The molecule has 0 bridgehead atoms. The zero-order valence-corrected chi connectivity index (χ0v) is 14.3. The van der Waals surface area contributed by atoms with Gasteiger partial charge in [-0.15, -0.1) is 0 Å². The summed E-state index contributed by atoms with van der Waals surface area (Å²) in [5.74, 6) is -0.478. The van der Waals surface area contributed by atoms with Crippen molar-refractivity contribution in [1.29, 1.82) is 5.26 Å². The number of hydrogen-bond acceptors (Lipinski definition) is 3. The average molecular weight is 340 g/mol. The standard InChI is InChI=1S/C19H18ClN3O/c1-13-3-6-15(7-4-13)11-22-12-16(10-21)19(24)23-17-8-5-14(2)18(20)9-17/h3-9,12,22H,11H2,1-2H3,(H,23,24)/b16-12-. The van der Waals surface area contributed by atoms with Crippen molar-refractivity contribution < 1.29 is 4.79 Å². The highest BCUT2D eigenvalue weighted by atomic mass is 35.5. The molecule has 0 fully saturated rings. The zero-order valence-electron chi connectivity index (χ0n) is 13.6. The van der Waals surface area contributed by atoms with Gasteiger partial charge in [-0.25, -0.2) is 0 Å². The van der Waals surface area contributed by atoms with Gasteiger partial charge in [0.1, 0.15) is 11.6 Å². The Morgan fingerprint density at radius 1 is 1.21 bits per heavy atom. The molecule has 0 aromatic heterocycles. The van der Waals surface area contributed by atoms with E-state index in [-0.39, 0.29) is 5.57 Å². The van der Waals surface area contributed by atoms with E-state index in [1.54, 1.807) is 12.1 Å². The van der Waals surface area contributed by atoms with Crippen molar-refractivity contribution in [2.24, 2.45) is 0 Å². The minimum Gasteiger partial charge on any atom is -0.386 e. The number of nitrogens with zero attached hydrogens (tertiary/aromatic N) is 1. The quantitative estimate of drug-likeness (QED) is 0.637. The highest BCUT2D eigenvalue weighted by Crippen LogP contribution is 2.20. The number of aryl methyl sites for hydroxylation is 2. The van der Waals surface area contributed by atoms with Crippen LogP contribution < -0.4 is 10.6 Å². The van der Waals surface area contributed by atoms with Crippen molar-refractivity contribution in [2.75, 3.05) is 5.32 Å². The molecule has 5 heteroatoms. The van der Waals surface area contributed by atoms with Crippen LogP contribution in [0.3, 0.4) is 0 Å². The summed E-state index contributed by atoms with van der Waals surface area (Å²) >= 11 is 6.03. The van der Waals surface area contributed by atoms with Crippen molar-refractivity contribution in [3.05, 3.63) is 76.0 Å². The van der Waals surface area contributed by atoms with Crippen LogP contribution in [0.5, 0.6) is 0 Å². The van der Waals surface area contributed by atoms with Crippen LogP contribution in [0.4, 0.5) is 5.69 Å². The van der Waals surface area contributed by atoms with E-state index >= 15 is 0 Å². The third-order valence-corrected chi connectivity index (χ3v) is 3.88. The van der Waals surface area contributed by atoms with Crippen molar-refractivity contribution in [2.45, 2.75) is 20.4 Å². The van der Waals surface area contributed by atoms with Crippen LogP contribution in [0.15, 0.2) is 54.2 Å². The Morgan fingerprint density at radius 3 is 2.54 bits per heavy atom. The summed E-state index contributed by atoms with van der Waals surface area (Å²) in [6.07, 6.45) is 1.42. The number of benzene rings is 2. The number of nitriles is 1. The lowest BCUT2D eigenvalue weighted by atomic mass is 10.1. The molecule has 0 heterocycles. The van der Waals surface area contributed by atoms with Crippen LogP contribution in [0.25, 0.3) is 0 Å². The van der Waals surface area contributed by atoms with Crippen LogP contribution in [0.2, 0.25) is 5.02 Å². The van der Waals surface area contributed by atoms with E-state index in [1.165, 1.54) is 11.8 Å². The zero-order chi connectivity index (χ0) is 17.5. The van der Waals surface area contributed by atoms with Gasteiger partial charge < -0.3 is 10.6 Å². The molecule has 2 rings (SSSR count). The van der Waals surface area contributed by atoms with Gasteiger partial charge in [0, 0.05) is 23.5 Å². The fraction of sp³-hybridized carbons (Fsp3) is 0.158. The molecular formula is C19H18ClN3O. The molecule has 0 unspecified atom stereocenters. The van der Waals surface area contributed by atoms with Crippen LogP contribution in [-0.4, -0.2) is 5.91 Å². The van der Waals surface area contributed by atoms with Gasteiger partial charge in [-0.1, -0.05) is 47.5 Å². The van der Waals surface area contributed by atoms with Gasteiger partial charge in [0.15, 0.2) is 0 Å². The molecular weight excluding hydrogens is 322 g/mol. The maximum atomic E-state index is 12.1. The second kappa shape index (κ2) is 8.19. The number of carbonyl (C=O) groups is 1. The van der Waals surface area contributed by atoms with Crippen LogP contribution in [0.1, 0.15) is 16.7 Å². The van der Waals surface area contributed by atoms with E-state index in [1.807, 2.05) is 50.2 Å². The monoisotopic (exact) mass is 339 g/mol. The molecule has 0 atom stereocenters. The van der Waals surface area contributed by atoms with Crippen molar-refractivity contribution in [3.8, 4) is 6.07 Å². The molecule has 2 N–H and O–H groups in total. The predicted molar refractivity (Wildman–Crippen MR) is 96.5 cm³/mol. The van der Waals surface area contributed by atoms with Gasteiger partial charge in [0.2, 0.25) is 0 Å². The third kappa shape index (κ3) is 4.87. The fourth-order valence-electron chi connectivity index (χ4n) is 1.99. The van der Waals surface area contributed by atoms with E-state index in [9.17, 15) is 4.79 Å². The van der Waals surface area contributed by atoms with E-state index in [2.05, 4.69) is 10.6 Å². The van der Waals surface area contributed by atoms with Crippen LogP contribution in [0, 0.1) is 25.2 Å². The Balaban J connectivity index is 1.98. The molecule has 0 radical (unpaired) electrons. The topological polar surface area (TPSA) is 64.9 Å². The summed E-state index contributed by atoms with van der Waals surface area (Å²) in [6.45, 7) is 4.44. The Bertz CT molecular complexity index is 804. The van der Waals surface area contributed by atoms with Gasteiger partial charge in [0.05, 0.1) is 0 Å². The molecule has 0 saturated carbocycles. The molecule has 2 aromatic rings. The molecule has 0 aliphatic heterocycles. The highest BCUT2D eigenvalue weighted by molar-refractivity contribution is 6.31. The lowest BCUT2D eigenvalue weighted by Gasteiger charge is -2.07. The van der Waals surface area contributed by atoms with E-state index in [0.29, 0.717) is 17.3 Å². The Labute approximate surface area is 146 Å². The maximum absolute atomic E-state index is 12.1. The van der Waals surface area contributed by atoms with Crippen LogP contribution >= 0.6 is 11.6 Å². The predicted octanol–water partition coefficient (Wildman–Crippen LogP) is 4.09. The number of rotatable bonds is 5. The van der Waals surface area contributed by atoms with Gasteiger partial charge >= 0.3 is 0 Å². The number of carbonyl (C=O) groups excluding carboxylic acids is 1. The first kappa shape index (κ1) is 17.6. The first-order valence-electron chi connectivity index (χ1n) is 7.46. The first-order chi connectivity index (χ1) is 11.5.